The van der Waals surface area contributed by atoms with E-state index in [0.717, 1.165) is 5.69 Å². The van der Waals surface area contributed by atoms with E-state index < -0.39 is 29.5 Å². The van der Waals surface area contributed by atoms with Gasteiger partial charge in [0.15, 0.2) is 0 Å². The normalized spacial score (nSPS) is 37.2. The van der Waals surface area contributed by atoms with Gasteiger partial charge in [-0.1, -0.05) is 36.4 Å². The summed E-state index contributed by atoms with van der Waals surface area (Å²) in [5, 5.41) is 9.57. The summed E-state index contributed by atoms with van der Waals surface area (Å²) >= 11 is 0. The number of fused-ring (bicyclic) bond motifs is 1. The van der Waals surface area contributed by atoms with E-state index in [2.05, 4.69) is 6.58 Å². The maximum atomic E-state index is 13.1. The quantitative estimate of drug-likeness (QED) is 0.864. The Morgan fingerprint density at radius 2 is 2.13 bits per heavy atom. The Morgan fingerprint density at radius 3 is 2.78 bits per heavy atom. The second kappa shape index (κ2) is 4.80. The number of carbonyl (C=O) groups is 2. The third-order valence-corrected chi connectivity index (χ3v) is 5.13. The van der Waals surface area contributed by atoms with Crippen molar-refractivity contribution in [1.29, 1.82) is 0 Å². The van der Waals surface area contributed by atoms with Crippen LogP contribution >= 0.6 is 0 Å². The monoisotopic (exact) mass is 311 g/mol. The summed E-state index contributed by atoms with van der Waals surface area (Å²) in [5.74, 6) is -2.66. The van der Waals surface area contributed by atoms with Crippen LogP contribution in [0.15, 0.2) is 55.1 Å². The van der Waals surface area contributed by atoms with Crippen molar-refractivity contribution in [2.45, 2.75) is 24.2 Å². The molecule has 3 aliphatic rings. The average Bonchev–Trinajstić information content (AvgIpc) is 3.18. The lowest BCUT2D eigenvalue weighted by Crippen LogP contribution is -2.45. The number of aliphatic carboxylic acids is 1. The number of rotatable bonds is 4. The molecule has 3 aliphatic heterocycles. The average molecular weight is 311 g/mol. The number of anilines is 1. The van der Waals surface area contributed by atoms with Crippen LogP contribution in [0.4, 0.5) is 5.69 Å². The zero-order chi connectivity index (χ0) is 16.2. The minimum Gasteiger partial charge on any atom is -0.481 e. The van der Waals surface area contributed by atoms with Crippen LogP contribution in [0.1, 0.15) is 6.42 Å². The Labute approximate surface area is 133 Å². The minimum atomic E-state index is -0.980. The molecule has 5 nitrogen and oxygen atoms in total. The molecule has 4 rings (SSSR count). The van der Waals surface area contributed by atoms with Crippen LogP contribution in [-0.2, 0) is 14.3 Å². The molecule has 5 heteroatoms. The maximum Gasteiger partial charge on any atom is 0.310 e. The second-order valence-electron chi connectivity index (χ2n) is 6.22. The van der Waals surface area contributed by atoms with E-state index in [-0.39, 0.29) is 11.9 Å². The number of benzene rings is 1. The first-order valence-corrected chi connectivity index (χ1v) is 7.69. The Hall–Kier alpha value is -2.40. The molecule has 0 saturated carbocycles. The van der Waals surface area contributed by atoms with Crippen molar-refractivity contribution >= 4 is 17.6 Å². The van der Waals surface area contributed by atoms with Gasteiger partial charge in [0.05, 0.1) is 18.1 Å². The molecule has 1 N–H and O–H groups in total. The summed E-state index contributed by atoms with van der Waals surface area (Å²) in [6, 6.07) is 9.05. The Morgan fingerprint density at radius 1 is 1.39 bits per heavy atom. The van der Waals surface area contributed by atoms with Crippen molar-refractivity contribution in [1.82, 2.24) is 0 Å². The van der Waals surface area contributed by atoms with Gasteiger partial charge in [0.1, 0.15) is 11.5 Å². The van der Waals surface area contributed by atoms with Gasteiger partial charge in [0.2, 0.25) is 5.91 Å². The highest BCUT2D eigenvalue weighted by molar-refractivity contribution is 6.03. The van der Waals surface area contributed by atoms with E-state index in [1.165, 1.54) is 0 Å². The third kappa shape index (κ3) is 1.71. The molecule has 0 aliphatic carbocycles. The highest BCUT2D eigenvalue weighted by atomic mass is 16.5. The first-order valence-electron chi connectivity index (χ1n) is 7.69. The fourth-order valence-corrected chi connectivity index (χ4v) is 4.27. The van der Waals surface area contributed by atoms with E-state index in [1.54, 1.807) is 17.1 Å². The summed E-state index contributed by atoms with van der Waals surface area (Å²) < 4.78 is 6.04. The van der Waals surface area contributed by atoms with Gasteiger partial charge in [-0.25, -0.2) is 0 Å². The van der Waals surface area contributed by atoms with Gasteiger partial charge in [-0.15, -0.1) is 6.58 Å². The molecular formula is C18H17NO4. The van der Waals surface area contributed by atoms with E-state index in [9.17, 15) is 14.7 Å². The summed E-state index contributed by atoms with van der Waals surface area (Å²) in [6.45, 7) is 3.79. The molecule has 3 heterocycles. The summed E-state index contributed by atoms with van der Waals surface area (Å²) in [5.41, 5.74) is -0.104. The molecule has 23 heavy (non-hydrogen) atoms. The number of carboxylic acid groups (broad SMARTS) is 1. The van der Waals surface area contributed by atoms with Gasteiger partial charge >= 0.3 is 5.97 Å². The number of carbonyl (C=O) groups excluding carboxylic acids is 1. The molecule has 5 atom stereocenters. The Balaban J connectivity index is 1.85. The number of nitrogens with zero attached hydrogens (tertiary/aromatic N) is 1. The second-order valence-corrected chi connectivity index (χ2v) is 6.22. The SMILES string of the molecule is C=CC[C@@H]1N(c2ccccc2)C(=O)[C@H]2[C@H](C(=O)O)[C@H]3C=C[C@@]12O3. The summed E-state index contributed by atoms with van der Waals surface area (Å²) in [4.78, 5) is 26.5. The molecule has 1 spiro atoms. The van der Waals surface area contributed by atoms with Crippen LogP contribution in [-0.4, -0.2) is 34.7 Å². The minimum absolute atomic E-state index is 0.178. The van der Waals surface area contributed by atoms with E-state index in [0.29, 0.717) is 6.42 Å². The highest BCUT2D eigenvalue weighted by Crippen LogP contribution is 2.56. The third-order valence-electron chi connectivity index (χ3n) is 5.13. The molecule has 0 radical (unpaired) electrons. The molecule has 2 saturated heterocycles. The predicted octanol–water partition coefficient (Wildman–Crippen LogP) is 2.00. The number of ether oxygens (including phenoxy) is 1. The molecular weight excluding hydrogens is 294 g/mol. The molecule has 118 valence electrons. The molecule has 0 unspecified atom stereocenters. The van der Waals surface area contributed by atoms with Crippen LogP contribution in [0, 0.1) is 11.8 Å². The topological polar surface area (TPSA) is 66.8 Å². The Bertz CT molecular complexity index is 713. The van der Waals surface area contributed by atoms with E-state index >= 15 is 0 Å². The van der Waals surface area contributed by atoms with Gasteiger partial charge in [-0.2, -0.15) is 0 Å². The smallest absolute Gasteiger partial charge is 0.310 e. The van der Waals surface area contributed by atoms with Gasteiger partial charge in [0.25, 0.3) is 0 Å². The van der Waals surface area contributed by atoms with Gasteiger partial charge < -0.3 is 14.7 Å². The largest absolute Gasteiger partial charge is 0.481 e. The molecule has 1 aromatic rings. The van der Waals surface area contributed by atoms with Crippen molar-refractivity contribution in [3.63, 3.8) is 0 Å². The summed E-state index contributed by atoms with van der Waals surface area (Å²) in [6.07, 6.45) is 5.44. The molecule has 2 fully saturated rings. The van der Waals surface area contributed by atoms with Crippen LogP contribution in [0.3, 0.4) is 0 Å². The van der Waals surface area contributed by atoms with Crippen LogP contribution in [0.2, 0.25) is 0 Å². The molecule has 1 amide bonds. The first kappa shape index (κ1) is 14.2. The van der Waals surface area contributed by atoms with Crippen LogP contribution in [0.25, 0.3) is 0 Å². The lowest BCUT2D eigenvalue weighted by Gasteiger charge is -2.32. The highest BCUT2D eigenvalue weighted by Gasteiger charge is 2.71. The lowest BCUT2D eigenvalue weighted by atomic mass is 9.74. The standard InChI is InChI=1S/C18H17NO4/c1-2-6-13-18-10-9-12(23-18)14(17(21)22)15(18)16(20)19(13)11-7-4-3-5-8-11/h2-5,7-10,12-15H,1,6H2,(H,21,22)/t12-,13+,14-,15-,18-/m1/s1. The van der Waals surface area contributed by atoms with E-state index in [4.69, 9.17) is 4.74 Å². The van der Waals surface area contributed by atoms with E-state index in [1.807, 2.05) is 36.4 Å². The maximum absolute atomic E-state index is 13.1. The zero-order valence-corrected chi connectivity index (χ0v) is 12.5. The van der Waals surface area contributed by atoms with Crippen LogP contribution in [0.5, 0.6) is 0 Å². The summed E-state index contributed by atoms with van der Waals surface area (Å²) in [7, 11) is 0. The van der Waals surface area contributed by atoms with Crippen molar-refractivity contribution in [3.8, 4) is 0 Å². The fraction of sp³-hybridized carbons (Fsp3) is 0.333. The predicted molar refractivity (Wildman–Crippen MR) is 83.9 cm³/mol. The van der Waals surface area contributed by atoms with Crippen molar-refractivity contribution in [2.75, 3.05) is 4.90 Å². The van der Waals surface area contributed by atoms with Crippen LogP contribution < -0.4 is 4.90 Å². The number of amides is 1. The van der Waals surface area contributed by atoms with Crippen molar-refractivity contribution in [2.24, 2.45) is 11.8 Å². The van der Waals surface area contributed by atoms with Gasteiger partial charge in [-0.05, 0) is 18.6 Å². The van der Waals surface area contributed by atoms with Crippen molar-refractivity contribution in [3.05, 3.63) is 55.1 Å². The Kier molecular flexibility index (Phi) is 2.96. The number of para-hydroxylation sites is 1. The molecule has 0 aromatic heterocycles. The number of hydrogen-bond donors (Lipinski definition) is 1. The lowest BCUT2D eigenvalue weighted by molar-refractivity contribution is -0.146. The van der Waals surface area contributed by atoms with Gasteiger partial charge in [0, 0.05) is 5.69 Å². The number of carboxylic acids is 1. The molecule has 1 aromatic carbocycles. The van der Waals surface area contributed by atoms with Crippen molar-refractivity contribution < 1.29 is 19.4 Å². The first-order chi connectivity index (χ1) is 11.1. The zero-order valence-electron chi connectivity index (χ0n) is 12.5. The number of hydrogen-bond acceptors (Lipinski definition) is 3. The molecule has 2 bridgehead atoms. The fourth-order valence-electron chi connectivity index (χ4n) is 4.27. The van der Waals surface area contributed by atoms with Gasteiger partial charge in [-0.3, -0.25) is 9.59 Å².